The minimum absolute atomic E-state index is 0.165. The number of carbonyl (C=O) groups is 1. The standard InChI is InChI=1S/C19H22N2O3/c1-21(2)12-15-9-7-14(8-10-15)11-20-19(22)18-13-23-16-5-3-4-6-17(16)24-18/h3-10,18H,11-13H2,1-2H3,(H,20,22). The van der Waals surface area contributed by atoms with E-state index in [0.717, 1.165) is 12.1 Å². The lowest BCUT2D eigenvalue weighted by molar-refractivity contribution is -0.130. The molecule has 0 saturated heterocycles. The second-order valence-electron chi connectivity index (χ2n) is 6.14. The van der Waals surface area contributed by atoms with Gasteiger partial charge < -0.3 is 19.7 Å². The third-order valence-corrected chi connectivity index (χ3v) is 3.79. The Kier molecular flexibility index (Phi) is 5.01. The molecular weight excluding hydrogens is 304 g/mol. The van der Waals surface area contributed by atoms with Crippen molar-refractivity contribution in [2.45, 2.75) is 19.2 Å². The van der Waals surface area contributed by atoms with Crippen molar-refractivity contribution in [1.82, 2.24) is 10.2 Å². The Morgan fingerprint density at radius 2 is 1.75 bits per heavy atom. The van der Waals surface area contributed by atoms with Crippen molar-refractivity contribution in [3.8, 4) is 11.5 Å². The first-order valence-electron chi connectivity index (χ1n) is 8.00. The molecule has 24 heavy (non-hydrogen) atoms. The molecule has 1 aliphatic rings. The SMILES string of the molecule is CN(C)Cc1ccc(CNC(=O)C2COc3ccccc3O2)cc1. The Morgan fingerprint density at radius 1 is 1.08 bits per heavy atom. The third-order valence-electron chi connectivity index (χ3n) is 3.79. The van der Waals surface area contributed by atoms with Crippen LogP contribution in [0.1, 0.15) is 11.1 Å². The van der Waals surface area contributed by atoms with Crippen molar-refractivity contribution >= 4 is 5.91 Å². The predicted octanol–water partition coefficient (Wildman–Crippen LogP) is 2.20. The third kappa shape index (κ3) is 4.06. The lowest BCUT2D eigenvalue weighted by atomic mass is 10.1. The van der Waals surface area contributed by atoms with Crippen LogP contribution in [0, 0.1) is 0 Å². The highest BCUT2D eigenvalue weighted by Gasteiger charge is 2.26. The highest BCUT2D eigenvalue weighted by molar-refractivity contribution is 5.81. The zero-order valence-corrected chi connectivity index (χ0v) is 14.0. The second kappa shape index (κ2) is 7.36. The van der Waals surface area contributed by atoms with Gasteiger partial charge in [-0.3, -0.25) is 4.79 Å². The number of benzene rings is 2. The molecular formula is C19H22N2O3. The zero-order chi connectivity index (χ0) is 16.9. The molecule has 0 aromatic heterocycles. The van der Waals surface area contributed by atoms with Gasteiger partial charge >= 0.3 is 0 Å². The summed E-state index contributed by atoms with van der Waals surface area (Å²) in [6.07, 6.45) is -0.618. The molecule has 1 amide bonds. The summed E-state index contributed by atoms with van der Waals surface area (Å²) in [7, 11) is 4.08. The van der Waals surface area contributed by atoms with Crippen molar-refractivity contribution in [1.29, 1.82) is 0 Å². The molecule has 1 aliphatic heterocycles. The number of hydrogen-bond donors (Lipinski definition) is 1. The molecule has 0 aliphatic carbocycles. The molecule has 0 saturated carbocycles. The maximum atomic E-state index is 12.3. The first-order chi connectivity index (χ1) is 11.6. The predicted molar refractivity (Wildman–Crippen MR) is 92.0 cm³/mol. The Balaban J connectivity index is 1.53. The average Bonchev–Trinajstić information content (AvgIpc) is 2.60. The Bertz CT molecular complexity index is 698. The van der Waals surface area contributed by atoms with E-state index in [2.05, 4.69) is 22.3 Å². The van der Waals surface area contributed by atoms with Crippen molar-refractivity contribution < 1.29 is 14.3 Å². The van der Waals surface area contributed by atoms with Crippen LogP contribution in [0.2, 0.25) is 0 Å². The molecule has 1 N–H and O–H groups in total. The lowest BCUT2D eigenvalue weighted by Gasteiger charge is -2.25. The normalized spacial score (nSPS) is 16.0. The van der Waals surface area contributed by atoms with Crippen LogP contribution in [-0.4, -0.2) is 37.6 Å². The second-order valence-corrected chi connectivity index (χ2v) is 6.14. The molecule has 5 nitrogen and oxygen atoms in total. The van der Waals surface area contributed by atoms with Gasteiger partial charge in [0.1, 0.15) is 6.61 Å². The molecule has 3 rings (SSSR count). The number of amides is 1. The number of ether oxygens (including phenoxy) is 2. The fraction of sp³-hybridized carbons (Fsp3) is 0.316. The molecule has 126 valence electrons. The lowest BCUT2D eigenvalue weighted by Crippen LogP contribution is -2.43. The van der Waals surface area contributed by atoms with Gasteiger partial charge in [0.05, 0.1) is 0 Å². The van der Waals surface area contributed by atoms with Crippen molar-refractivity contribution in [2.75, 3.05) is 20.7 Å². The van der Waals surface area contributed by atoms with Gasteiger partial charge in [0.2, 0.25) is 6.10 Å². The number of nitrogens with zero attached hydrogens (tertiary/aromatic N) is 1. The number of rotatable bonds is 5. The Hall–Kier alpha value is -2.53. The summed E-state index contributed by atoms with van der Waals surface area (Å²) in [6, 6.07) is 15.6. The van der Waals surface area contributed by atoms with E-state index in [1.165, 1.54) is 5.56 Å². The van der Waals surface area contributed by atoms with Crippen LogP contribution in [0.5, 0.6) is 11.5 Å². The van der Waals surface area contributed by atoms with Crippen LogP contribution in [0.4, 0.5) is 0 Å². The average molecular weight is 326 g/mol. The molecule has 2 aromatic carbocycles. The van der Waals surface area contributed by atoms with Gasteiger partial charge in [0, 0.05) is 13.1 Å². The maximum absolute atomic E-state index is 12.3. The topological polar surface area (TPSA) is 50.8 Å². The van der Waals surface area contributed by atoms with Crippen LogP contribution in [0.25, 0.3) is 0 Å². The van der Waals surface area contributed by atoms with Gasteiger partial charge in [0.15, 0.2) is 11.5 Å². The van der Waals surface area contributed by atoms with Gasteiger partial charge in [-0.15, -0.1) is 0 Å². The summed E-state index contributed by atoms with van der Waals surface area (Å²) in [5.41, 5.74) is 2.30. The van der Waals surface area contributed by atoms with Crippen LogP contribution in [0.3, 0.4) is 0 Å². The van der Waals surface area contributed by atoms with Gasteiger partial charge in [-0.25, -0.2) is 0 Å². The summed E-state index contributed by atoms with van der Waals surface area (Å²) in [5.74, 6) is 1.12. The van der Waals surface area contributed by atoms with E-state index in [-0.39, 0.29) is 12.5 Å². The Labute approximate surface area is 142 Å². The summed E-state index contributed by atoms with van der Waals surface area (Å²) in [4.78, 5) is 14.4. The highest BCUT2D eigenvalue weighted by atomic mass is 16.6. The molecule has 0 bridgehead atoms. The van der Waals surface area contributed by atoms with Crippen molar-refractivity contribution in [3.63, 3.8) is 0 Å². The van der Waals surface area contributed by atoms with E-state index < -0.39 is 6.10 Å². The van der Waals surface area contributed by atoms with E-state index >= 15 is 0 Å². The van der Waals surface area contributed by atoms with E-state index in [4.69, 9.17) is 9.47 Å². The van der Waals surface area contributed by atoms with E-state index in [9.17, 15) is 4.79 Å². The monoisotopic (exact) mass is 326 g/mol. The number of nitrogens with one attached hydrogen (secondary N) is 1. The van der Waals surface area contributed by atoms with Gasteiger partial charge in [0.25, 0.3) is 5.91 Å². The molecule has 0 spiro atoms. The van der Waals surface area contributed by atoms with Crippen LogP contribution in [-0.2, 0) is 17.9 Å². The summed E-state index contributed by atoms with van der Waals surface area (Å²) < 4.78 is 11.3. The molecule has 0 fully saturated rings. The van der Waals surface area contributed by atoms with E-state index in [0.29, 0.717) is 18.0 Å². The first kappa shape index (κ1) is 16.3. The molecule has 5 heteroatoms. The molecule has 2 aromatic rings. The van der Waals surface area contributed by atoms with Gasteiger partial charge in [-0.1, -0.05) is 36.4 Å². The van der Waals surface area contributed by atoms with Crippen LogP contribution < -0.4 is 14.8 Å². The van der Waals surface area contributed by atoms with Gasteiger partial charge in [-0.05, 0) is 37.4 Å². The number of carbonyl (C=O) groups excluding carboxylic acids is 1. The van der Waals surface area contributed by atoms with E-state index in [1.54, 1.807) is 6.07 Å². The number of hydrogen-bond acceptors (Lipinski definition) is 4. The molecule has 1 unspecified atom stereocenters. The van der Waals surface area contributed by atoms with Crippen LogP contribution in [0.15, 0.2) is 48.5 Å². The summed E-state index contributed by atoms with van der Waals surface area (Å²) >= 11 is 0. The van der Waals surface area contributed by atoms with Crippen molar-refractivity contribution in [3.05, 3.63) is 59.7 Å². The van der Waals surface area contributed by atoms with Crippen molar-refractivity contribution in [2.24, 2.45) is 0 Å². The zero-order valence-electron chi connectivity index (χ0n) is 14.0. The minimum Gasteiger partial charge on any atom is -0.485 e. The smallest absolute Gasteiger partial charge is 0.264 e. The maximum Gasteiger partial charge on any atom is 0.264 e. The highest BCUT2D eigenvalue weighted by Crippen LogP contribution is 2.30. The quantitative estimate of drug-likeness (QED) is 0.915. The minimum atomic E-state index is -0.618. The summed E-state index contributed by atoms with van der Waals surface area (Å²) in [5, 5.41) is 2.91. The fourth-order valence-corrected chi connectivity index (χ4v) is 2.58. The molecule has 0 radical (unpaired) electrons. The molecule has 1 atom stereocenters. The summed E-state index contributed by atoms with van der Waals surface area (Å²) in [6.45, 7) is 1.60. The number of fused-ring (bicyclic) bond motifs is 1. The van der Waals surface area contributed by atoms with Gasteiger partial charge in [-0.2, -0.15) is 0 Å². The molecule has 1 heterocycles. The number of para-hydroxylation sites is 2. The van der Waals surface area contributed by atoms with Crippen LogP contribution >= 0.6 is 0 Å². The fourth-order valence-electron chi connectivity index (χ4n) is 2.58. The first-order valence-corrected chi connectivity index (χ1v) is 8.00. The van der Waals surface area contributed by atoms with E-state index in [1.807, 2.05) is 44.4 Å². The largest absolute Gasteiger partial charge is 0.485 e. The Morgan fingerprint density at radius 3 is 2.46 bits per heavy atom.